The monoisotopic (exact) mass is 353 g/mol. The fraction of sp³-hybridized carbons (Fsp3) is 0.300. The van der Waals surface area contributed by atoms with E-state index in [1.807, 2.05) is 36.2 Å². The van der Waals surface area contributed by atoms with Crippen LogP contribution < -0.4 is 15.4 Å². The number of likely N-dealkylation sites (N-methyl/N-ethyl adjacent to an activating group) is 1. The highest BCUT2D eigenvalue weighted by Crippen LogP contribution is 2.33. The molecule has 2 aromatic carbocycles. The third-order valence-corrected chi connectivity index (χ3v) is 4.50. The third-order valence-electron chi connectivity index (χ3n) is 4.50. The molecule has 0 radical (unpaired) electrons. The summed E-state index contributed by atoms with van der Waals surface area (Å²) in [4.78, 5) is 28.0. The normalized spacial score (nSPS) is 16.1. The van der Waals surface area contributed by atoms with Crippen molar-refractivity contribution in [3.63, 3.8) is 0 Å². The summed E-state index contributed by atoms with van der Waals surface area (Å²) in [6, 6.07) is 15.3. The minimum atomic E-state index is -0.837. The number of primary amides is 1. The number of carbonyl (C=O) groups is 2. The Morgan fingerprint density at radius 1 is 1.19 bits per heavy atom. The Morgan fingerprint density at radius 3 is 2.62 bits per heavy atom. The van der Waals surface area contributed by atoms with Crippen molar-refractivity contribution in [1.29, 1.82) is 0 Å². The number of hydrogen-bond donors (Lipinski definition) is 1. The molecule has 1 aliphatic rings. The van der Waals surface area contributed by atoms with Gasteiger partial charge in [-0.25, -0.2) is 0 Å². The first-order chi connectivity index (χ1) is 12.5. The van der Waals surface area contributed by atoms with Gasteiger partial charge in [-0.1, -0.05) is 36.4 Å². The molecule has 6 nitrogen and oxygen atoms in total. The van der Waals surface area contributed by atoms with Crippen LogP contribution in [0, 0.1) is 6.92 Å². The number of anilines is 1. The summed E-state index contributed by atoms with van der Waals surface area (Å²) < 4.78 is 5.61. The molecule has 2 N–H and O–H groups in total. The highest BCUT2D eigenvalue weighted by atomic mass is 16.5. The number of rotatable bonds is 5. The summed E-state index contributed by atoms with van der Waals surface area (Å²) in [5, 5.41) is 0. The minimum Gasteiger partial charge on any atom is -0.477 e. The van der Waals surface area contributed by atoms with Crippen molar-refractivity contribution >= 4 is 17.5 Å². The molecule has 0 saturated heterocycles. The van der Waals surface area contributed by atoms with Crippen LogP contribution in [0.15, 0.2) is 48.5 Å². The van der Waals surface area contributed by atoms with E-state index in [1.165, 1.54) is 11.1 Å². The summed E-state index contributed by atoms with van der Waals surface area (Å²) in [5.74, 6) is -0.175. The molecule has 0 aromatic heterocycles. The number of hydrogen-bond acceptors (Lipinski definition) is 4. The highest BCUT2D eigenvalue weighted by molar-refractivity contribution is 5.98. The van der Waals surface area contributed by atoms with E-state index in [4.69, 9.17) is 10.5 Å². The van der Waals surface area contributed by atoms with Crippen LogP contribution in [-0.4, -0.2) is 43.0 Å². The molecular formula is C20H23N3O3. The molecule has 0 fully saturated rings. The first kappa shape index (κ1) is 17.9. The van der Waals surface area contributed by atoms with Crippen LogP contribution in [0.1, 0.15) is 11.1 Å². The van der Waals surface area contributed by atoms with E-state index in [0.29, 0.717) is 18.0 Å². The molecule has 3 rings (SSSR count). The molecule has 0 aliphatic carbocycles. The second kappa shape index (κ2) is 7.58. The van der Waals surface area contributed by atoms with Gasteiger partial charge in [0.15, 0.2) is 6.10 Å². The lowest BCUT2D eigenvalue weighted by Gasteiger charge is -2.34. The Balaban J connectivity index is 1.74. The zero-order valence-electron chi connectivity index (χ0n) is 15.0. The van der Waals surface area contributed by atoms with E-state index in [2.05, 4.69) is 19.1 Å². The molecule has 26 heavy (non-hydrogen) atoms. The van der Waals surface area contributed by atoms with Gasteiger partial charge >= 0.3 is 0 Å². The minimum absolute atomic E-state index is 0.0944. The number of para-hydroxylation sites is 2. The summed E-state index contributed by atoms with van der Waals surface area (Å²) in [6.07, 6.45) is -0.837. The summed E-state index contributed by atoms with van der Waals surface area (Å²) in [5.41, 5.74) is 8.43. The lowest BCUT2D eigenvalue weighted by atomic mass is 10.1. The van der Waals surface area contributed by atoms with E-state index < -0.39 is 12.0 Å². The molecule has 0 unspecified atom stereocenters. The Bertz CT molecular complexity index is 821. The molecule has 0 spiro atoms. The fourth-order valence-electron chi connectivity index (χ4n) is 3.07. The van der Waals surface area contributed by atoms with Crippen molar-refractivity contribution in [2.45, 2.75) is 19.6 Å². The van der Waals surface area contributed by atoms with Crippen molar-refractivity contribution in [3.05, 3.63) is 59.7 Å². The van der Waals surface area contributed by atoms with Gasteiger partial charge in [0.05, 0.1) is 18.8 Å². The van der Waals surface area contributed by atoms with Crippen molar-refractivity contribution in [2.24, 2.45) is 5.73 Å². The molecule has 136 valence electrons. The van der Waals surface area contributed by atoms with E-state index in [0.717, 1.165) is 0 Å². The van der Waals surface area contributed by atoms with Crippen molar-refractivity contribution in [3.8, 4) is 5.75 Å². The topological polar surface area (TPSA) is 75.9 Å². The van der Waals surface area contributed by atoms with Crippen LogP contribution >= 0.6 is 0 Å². The Kier molecular flexibility index (Phi) is 5.23. The van der Waals surface area contributed by atoms with Crippen molar-refractivity contribution in [1.82, 2.24) is 4.90 Å². The van der Waals surface area contributed by atoms with Gasteiger partial charge in [0.25, 0.3) is 5.91 Å². The van der Waals surface area contributed by atoms with E-state index >= 15 is 0 Å². The first-order valence-electron chi connectivity index (χ1n) is 8.54. The standard InChI is InChI=1S/C20H23N3O3/c1-14-7-3-4-8-15(14)11-22(2)13-19(24)23-12-18(20(21)25)26-17-10-6-5-9-16(17)23/h3-10,18H,11-13H2,1-2H3,(H2,21,25)/t18-/m1/s1. The smallest absolute Gasteiger partial charge is 0.260 e. The van der Waals surface area contributed by atoms with Crippen LogP contribution in [-0.2, 0) is 16.1 Å². The van der Waals surface area contributed by atoms with Crippen LogP contribution in [0.25, 0.3) is 0 Å². The fourth-order valence-corrected chi connectivity index (χ4v) is 3.07. The number of nitrogens with two attached hydrogens (primary N) is 1. The second-order valence-electron chi connectivity index (χ2n) is 6.58. The molecule has 0 bridgehead atoms. The summed E-state index contributed by atoms with van der Waals surface area (Å²) >= 11 is 0. The molecule has 0 saturated carbocycles. The van der Waals surface area contributed by atoms with Crippen LogP contribution in [0.5, 0.6) is 5.75 Å². The van der Waals surface area contributed by atoms with Gasteiger partial charge in [0, 0.05) is 6.54 Å². The summed E-state index contributed by atoms with van der Waals surface area (Å²) in [6.45, 7) is 3.09. The van der Waals surface area contributed by atoms with Crippen molar-refractivity contribution in [2.75, 3.05) is 25.0 Å². The van der Waals surface area contributed by atoms with E-state index in [9.17, 15) is 9.59 Å². The molecule has 2 aromatic rings. The van der Waals surface area contributed by atoms with Gasteiger partial charge in [-0.3, -0.25) is 14.5 Å². The molecule has 2 amide bonds. The summed E-state index contributed by atoms with van der Waals surface area (Å²) in [7, 11) is 1.91. The lowest BCUT2D eigenvalue weighted by molar-refractivity contribution is -0.125. The van der Waals surface area contributed by atoms with Gasteiger partial charge in [0.2, 0.25) is 5.91 Å². The Hall–Kier alpha value is -2.86. The number of carbonyl (C=O) groups excluding carboxylic acids is 2. The maximum atomic E-state index is 12.9. The third kappa shape index (κ3) is 3.86. The molecule has 6 heteroatoms. The van der Waals surface area contributed by atoms with Gasteiger partial charge in [-0.15, -0.1) is 0 Å². The number of ether oxygens (including phenoxy) is 1. The molecule has 1 aliphatic heterocycles. The van der Waals surface area contributed by atoms with Crippen LogP contribution in [0.3, 0.4) is 0 Å². The Labute approximate surface area is 153 Å². The van der Waals surface area contributed by atoms with Gasteiger partial charge in [-0.2, -0.15) is 0 Å². The predicted molar refractivity (Wildman–Crippen MR) is 99.9 cm³/mol. The molecule has 1 heterocycles. The second-order valence-corrected chi connectivity index (χ2v) is 6.58. The quantitative estimate of drug-likeness (QED) is 0.888. The highest BCUT2D eigenvalue weighted by Gasteiger charge is 2.32. The Morgan fingerprint density at radius 2 is 1.88 bits per heavy atom. The molecule has 1 atom stereocenters. The number of fused-ring (bicyclic) bond motifs is 1. The van der Waals surface area contributed by atoms with Crippen LogP contribution in [0.4, 0.5) is 5.69 Å². The zero-order valence-corrected chi connectivity index (χ0v) is 15.0. The number of benzene rings is 2. The van der Waals surface area contributed by atoms with E-state index in [-0.39, 0.29) is 19.0 Å². The number of aryl methyl sites for hydroxylation is 1. The zero-order chi connectivity index (χ0) is 18.7. The maximum absolute atomic E-state index is 12.9. The predicted octanol–water partition coefficient (Wildman–Crippen LogP) is 1.71. The largest absolute Gasteiger partial charge is 0.477 e. The average Bonchev–Trinajstić information content (AvgIpc) is 2.62. The van der Waals surface area contributed by atoms with E-state index in [1.54, 1.807) is 17.0 Å². The van der Waals surface area contributed by atoms with Crippen molar-refractivity contribution < 1.29 is 14.3 Å². The number of amides is 2. The maximum Gasteiger partial charge on any atom is 0.260 e. The SMILES string of the molecule is Cc1ccccc1CN(C)CC(=O)N1C[C@H](C(N)=O)Oc2ccccc21. The average molecular weight is 353 g/mol. The molecular weight excluding hydrogens is 330 g/mol. The lowest BCUT2D eigenvalue weighted by Crippen LogP contribution is -2.51. The van der Waals surface area contributed by atoms with Gasteiger partial charge in [0.1, 0.15) is 5.75 Å². The van der Waals surface area contributed by atoms with Gasteiger partial charge in [-0.05, 0) is 37.2 Å². The first-order valence-corrected chi connectivity index (χ1v) is 8.54. The van der Waals surface area contributed by atoms with Crippen LogP contribution in [0.2, 0.25) is 0 Å². The number of nitrogens with zero attached hydrogens (tertiary/aromatic N) is 2. The van der Waals surface area contributed by atoms with Gasteiger partial charge < -0.3 is 15.4 Å².